The third-order valence-corrected chi connectivity index (χ3v) is 4.58. The van der Waals surface area contributed by atoms with E-state index in [9.17, 15) is 19.5 Å². The molecule has 2 aliphatic heterocycles. The maximum Gasteiger partial charge on any atom is 0.248 e. The number of hydrogen-bond acceptors (Lipinski definition) is 5. The molecule has 2 N–H and O–H groups in total. The van der Waals surface area contributed by atoms with Gasteiger partial charge in [-0.3, -0.25) is 14.4 Å². The molecule has 8 nitrogen and oxygen atoms in total. The van der Waals surface area contributed by atoms with Gasteiger partial charge in [0.25, 0.3) is 0 Å². The molecular formula is C17H21N3O5. The van der Waals surface area contributed by atoms with Gasteiger partial charge in [0, 0.05) is 26.6 Å². The zero-order chi connectivity index (χ0) is 18.0. The second kappa shape index (κ2) is 7.10. The number of piperazine rings is 2. The van der Waals surface area contributed by atoms with Crippen molar-refractivity contribution in [3.8, 4) is 5.75 Å². The Morgan fingerprint density at radius 3 is 2.68 bits per heavy atom. The van der Waals surface area contributed by atoms with Crippen LogP contribution in [0.1, 0.15) is 5.56 Å². The maximum atomic E-state index is 12.7. The van der Waals surface area contributed by atoms with E-state index in [1.807, 2.05) is 0 Å². The van der Waals surface area contributed by atoms with Crippen molar-refractivity contribution in [2.75, 3.05) is 33.4 Å². The van der Waals surface area contributed by atoms with Gasteiger partial charge in [-0.2, -0.15) is 0 Å². The first-order valence-corrected chi connectivity index (χ1v) is 8.15. The number of nitrogens with one attached hydrogen (secondary N) is 1. The third kappa shape index (κ3) is 3.58. The lowest BCUT2D eigenvalue weighted by Crippen LogP contribution is -2.70. The minimum atomic E-state index is -0.655. The van der Waals surface area contributed by atoms with E-state index in [1.54, 1.807) is 34.1 Å². The molecule has 0 bridgehead atoms. The molecule has 0 radical (unpaired) electrons. The summed E-state index contributed by atoms with van der Waals surface area (Å²) in [6.07, 6.45) is 0.362. The van der Waals surface area contributed by atoms with Crippen molar-refractivity contribution in [2.45, 2.75) is 18.5 Å². The number of hydrogen-bond donors (Lipinski definition) is 2. The van der Waals surface area contributed by atoms with Crippen LogP contribution in [0.25, 0.3) is 0 Å². The highest BCUT2D eigenvalue weighted by Crippen LogP contribution is 2.19. The van der Waals surface area contributed by atoms with Gasteiger partial charge in [0.15, 0.2) is 0 Å². The number of carbonyl (C=O) groups excluding carboxylic acids is 3. The Morgan fingerprint density at radius 2 is 2.00 bits per heavy atom. The first-order valence-electron chi connectivity index (χ1n) is 8.15. The number of methoxy groups -OCH3 is 1. The number of fused-ring (bicyclic) bond motifs is 1. The Hall–Kier alpha value is -2.61. The monoisotopic (exact) mass is 347 g/mol. The van der Waals surface area contributed by atoms with E-state index >= 15 is 0 Å². The van der Waals surface area contributed by atoms with Crippen molar-refractivity contribution in [3.05, 3.63) is 29.8 Å². The van der Waals surface area contributed by atoms with Crippen LogP contribution in [0.4, 0.5) is 0 Å². The molecule has 25 heavy (non-hydrogen) atoms. The van der Waals surface area contributed by atoms with E-state index < -0.39 is 12.1 Å². The zero-order valence-corrected chi connectivity index (χ0v) is 14.0. The lowest BCUT2D eigenvalue weighted by molar-refractivity contribution is -0.156. The number of aromatic hydroxyl groups is 1. The summed E-state index contributed by atoms with van der Waals surface area (Å²) < 4.78 is 4.84. The van der Waals surface area contributed by atoms with E-state index in [0.717, 1.165) is 5.56 Å². The van der Waals surface area contributed by atoms with Crippen molar-refractivity contribution in [1.82, 2.24) is 15.1 Å². The summed E-state index contributed by atoms with van der Waals surface area (Å²) in [7, 11) is 1.44. The van der Waals surface area contributed by atoms with E-state index in [4.69, 9.17) is 4.74 Å². The van der Waals surface area contributed by atoms with Gasteiger partial charge in [0.2, 0.25) is 17.7 Å². The van der Waals surface area contributed by atoms with Gasteiger partial charge in [-0.1, -0.05) is 12.1 Å². The van der Waals surface area contributed by atoms with Crippen LogP contribution in [0.2, 0.25) is 0 Å². The van der Waals surface area contributed by atoms with Gasteiger partial charge in [0.1, 0.15) is 24.4 Å². The average molecular weight is 347 g/mol. The number of phenols is 1. The standard InChI is InChI=1S/C17H21N3O5/c1-25-10-15(22)19-6-7-20-14(9-19)16(23)18-13(17(20)24)8-11-2-4-12(21)5-3-11/h2-5,13-14,21H,6-10H2,1H3,(H,18,23). The molecule has 0 aliphatic carbocycles. The Labute approximate surface area is 145 Å². The molecule has 2 aliphatic rings. The van der Waals surface area contributed by atoms with Gasteiger partial charge in [0.05, 0.1) is 6.54 Å². The molecule has 2 heterocycles. The van der Waals surface area contributed by atoms with E-state index in [1.165, 1.54) is 7.11 Å². The number of rotatable bonds is 4. The smallest absolute Gasteiger partial charge is 0.248 e. The van der Waals surface area contributed by atoms with Crippen LogP contribution in [0.15, 0.2) is 24.3 Å². The van der Waals surface area contributed by atoms with Crippen LogP contribution in [0, 0.1) is 0 Å². The fourth-order valence-corrected chi connectivity index (χ4v) is 3.25. The highest BCUT2D eigenvalue weighted by molar-refractivity contribution is 5.98. The predicted octanol–water partition coefficient (Wildman–Crippen LogP) is -0.881. The normalized spacial score (nSPS) is 23.2. The van der Waals surface area contributed by atoms with Crippen LogP contribution < -0.4 is 5.32 Å². The number of carbonyl (C=O) groups is 3. The van der Waals surface area contributed by atoms with Gasteiger partial charge in [-0.25, -0.2) is 0 Å². The highest BCUT2D eigenvalue weighted by atomic mass is 16.5. The molecular weight excluding hydrogens is 326 g/mol. The van der Waals surface area contributed by atoms with Crippen LogP contribution in [-0.4, -0.2) is 78.1 Å². The second-order valence-electron chi connectivity index (χ2n) is 6.25. The fourth-order valence-electron chi connectivity index (χ4n) is 3.25. The van der Waals surface area contributed by atoms with Crippen molar-refractivity contribution >= 4 is 17.7 Å². The zero-order valence-electron chi connectivity index (χ0n) is 14.0. The number of benzene rings is 1. The van der Waals surface area contributed by atoms with Gasteiger partial charge in [-0.15, -0.1) is 0 Å². The van der Waals surface area contributed by atoms with Crippen molar-refractivity contribution in [3.63, 3.8) is 0 Å². The van der Waals surface area contributed by atoms with E-state index in [0.29, 0.717) is 19.5 Å². The molecule has 8 heteroatoms. The molecule has 3 amide bonds. The molecule has 2 unspecified atom stereocenters. The van der Waals surface area contributed by atoms with Crippen LogP contribution in [0.5, 0.6) is 5.75 Å². The van der Waals surface area contributed by atoms with Crippen LogP contribution in [0.3, 0.4) is 0 Å². The van der Waals surface area contributed by atoms with Crippen LogP contribution >= 0.6 is 0 Å². The summed E-state index contributed by atoms with van der Waals surface area (Å²) in [4.78, 5) is 40.2. The Bertz CT molecular complexity index is 675. The Morgan fingerprint density at radius 1 is 1.28 bits per heavy atom. The summed E-state index contributed by atoms with van der Waals surface area (Å²) in [5.74, 6) is -0.428. The van der Waals surface area contributed by atoms with E-state index in [-0.39, 0.29) is 36.6 Å². The first-order chi connectivity index (χ1) is 12.0. The quantitative estimate of drug-likeness (QED) is 0.737. The number of phenolic OH excluding ortho intramolecular Hbond substituents is 1. The highest BCUT2D eigenvalue weighted by Gasteiger charge is 2.44. The maximum absolute atomic E-state index is 12.7. The fraction of sp³-hybridized carbons (Fsp3) is 0.471. The first kappa shape index (κ1) is 17.2. The summed E-state index contributed by atoms with van der Waals surface area (Å²) >= 11 is 0. The molecule has 0 spiro atoms. The van der Waals surface area contributed by atoms with Gasteiger partial charge < -0.3 is 25.0 Å². The summed E-state index contributed by atoms with van der Waals surface area (Å²) in [6.45, 7) is 0.875. The molecule has 2 saturated heterocycles. The topological polar surface area (TPSA) is 99.2 Å². The van der Waals surface area contributed by atoms with Crippen molar-refractivity contribution in [2.24, 2.45) is 0 Å². The molecule has 1 aromatic rings. The summed E-state index contributed by atoms with van der Waals surface area (Å²) in [6, 6.07) is 5.26. The van der Waals surface area contributed by atoms with Gasteiger partial charge in [-0.05, 0) is 17.7 Å². The molecule has 0 saturated carbocycles. The third-order valence-electron chi connectivity index (χ3n) is 4.58. The minimum absolute atomic E-state index is 0.0359. The van der Waals surface area contributed by atoms with Crippen molar-refractivity contribution in [1.29, 1.82) is 0 Å². The Kier molecular flexibility index (Phi) is 4.89. The summed E-state index contributed by atoms with van der Waals surface area (Å²) in [5, 5.41) is 12.1. The largest absolute Gasteiger partial charge is 0.508 e. The summed E-state index contributed by atoms with van der Waals surface area (Å²) in [5.41, 5.74) is 0.851. The SMILES string of the molecule is COCC(=O)N1CCN2C(=O)C(Cc3ccc(O)cc3)NC(=O)C2C1. The Balaban J connectivity index is 1.68. The van der Waals surface area contributed by atoms with Crippen molar-refractivity contribution < 1.29 is 24.2 Å². The molecule has 2 fully saturated rings. The lowest BCUT2D eigenvalue weighted by atomic mass is 9.98. The van der Waals surface area contributed by atoms with E-state index in [2.05, 4.69) is 5.32 Å². The number of ether oxygens (including phenoxy) is 1. The predicted molar refractivity (Wildman–Crippen MR) is 87.7 cm³/mol. The minimum Gasteiger partial charge on any atom is -0.508 e. The average Bonchev–Trinajstić information content (AvgIpc) is 2.61. The molecule has 134 valence electrons. The van der Waals surface area contributed by atoms with Crippen LogP contribution in [-0.2, 0) is 25.5 Å². The lowest BCUT2D eigenvalue weighted by Gasteiger charge is -2.45. The number of amides is 3. The molecule has 2 atom stereocenters. The number of nitrogens with zero attached hydrogens (tertiary/aromatic N) is 2. The molecule has 1 aromatic carbocycles. The molecule has 3 rings (SSSR count). The van der Waals surface area contributed by atoms with Gasteiger partial charge >= 0.3 is 0 Å². The molecule has 0 aromatic heterocycles. The second-order valence-corrected chi connectivity index (χ2v) is 6.25.